The highest BCUT2D eigenvalue weighted by atomic mass is 32.2. The third-order valence-electron chi connectivity index (χ3n) is 6.34. The molecule has 0 saturated carbocycles. The van der Waals surface area contributed by atoms with Crippen LogP contribution in [-0.2, 0) is 22.6 Å². The maximum absolute atomic E-state index is 13.0. The zero-order valence-electron chi connectivity index (χ0n) is 21.1. The lowest BCUT2D eigenvalue weighted by molar-refractivity contribution is -0.134. The average Bonchev–Trinajstić information content (AvgIpc) is 3.34. The van der Waals surface area contributed by atoms with Gasteiger partial charge in [-0.05, 0) is 49.7 Å². The van der Waals surface area contributed by atoms with E-state index in [2.05, 4.69) is 5.32 Å². The van der Waals surface area contributed by atoms with E-state index in [9.17, 15) is 9.59 Å². The molecule has 0 radical (unpaired) electrons. The highest BCUT2D eigenvalue weighted by molar-refractivity contribution is 7.99. The Morgan fingerprint density at radius 3 is 2.51 bits per heavy atom. The summed E-state index contributed by atoms with van der Waals surface area (Å²) in [5.74, 6) is 2.48. The summed E-state index contributed by atoms with van der Waals surface area (Å²) in [6.45, 7) is 2.35. The van der Waals surface area contributed by atoms with Gasteiger partial charge in [0.2, 0.25) is 11.8 Å². The van der Waals surface area contributed by atoms with E-state index in [0.717, 1.165) is 48.6 Å². The summed E-state index contributed by atoms with van der Waals surface area (Å²) < 4.78 is 5.84. The number of hydrogen-bond donors (Lipinski definition) is 1. The fraction of sp³-hybridized carbons (Fsp3) is 0.500. The second-order valence-electron chi connectivity index (χ2n) is 9.15. The average molecular weight is 498 g/mol. The van der Waals surface area contributed by atoms with Gasteiger partial charge in [-0.15, -0.1) is 11.8 Å². The van der Waals surface area contributed by atoms with Crippen LogP contribution in [0.5, 0.6) is 5.75 Å². The molecule has 190 valence electrons. The minimum Gasteiger partial charge on any atom is -0.489 e. The van der Waals surface area contributed by atoms with Gasteiger partial charge in [0.25, 0.3) is 0 Å². The Labute approximate surface area is 214 Å². The quantitative estimate of drug-likeness (QED) is 0.394. The number of nitrogens with one attached hydrogen (secondary N) is 1. The van der Waals surface area contributed by atoms with Crippen LogP contribution >= 0.6 is 11.8 Å². The van der Waals surface area contributed by atoms with Crippen LogP contribution in [-0.4, -0.2) is 66.5 Å². The van der Waals surface area contributed by atoms with E-state index >= 15 is 0 Å². The molecule has 0 aliphatic carbocycles. The first-order valence-corrected chi connectivity index (χ1v) is 13.7. The monoisotopic (exact) mass is 497 g/mol. The van der Waals surface area contributed by atoms with E-state index in [-0.39, 0.29) is 17.9 Å². The Morgan fingerprint density at radius 1 is 1.03 bits per heavy atom. The standard InChI is InChI=1S/C28H39N3O3S/c1-29-16-8-3-4-9-17-30(2)27(32)19-25-21-35-22-31(25)28(33)18-23-12-14-26(15-13-23)34-20-24-10-6-5-7-11-24/h5-7,10-15,25,29H,3-4,8-9,16-22H2,1-2H3. The Bertz CT molecular complexity index is 907. The number of amides is 2. The number of hydrogen-bond acceptors (Lipinski definition) is 5. The van der Waals surface area contributed by atoms with Crippen LogP contribution in [0.15, 0.2) is 54.6 Å². The largest absolute Gasteiger partial charge is 0.489 e. The lowest BCUT2D eigenvalue weighted by atomic mass is 10.1. The van der Waals surface area contributed by atoms with E-state index in [0.29, 0.717) is 25.3 Å². The van der Waals surface area contributed by atoms with Crippen LogP contribution in [0, 0.1) is 0 Å². The van der Waals surface area contributed by atoms with Gasteiger partial charge in [0.15, 0.2) is 0 Å². The molecule has 7 heteroatoms. The van der Waals surface area contributed by atoms with Gasteiger partial charge in [-0.1, -0.05) is 55.3 Å². The normalized spacial score (nSPS) is 15.3. The summed E-state index contributed by atoms with van der Waals surface area (Å²) in [5.41, 5.74) is 2.08. The first-order chi connectivity index (χ1) is 17.1. The maximum Gasteiger partial charge on any atom is 0.227 e. The molecule has 1 aliphatic rings. The van der Waals surface area contributed by atoms with Crippen LogP contribution in [0.4, 0.5) is 0 Å². The minimum absolute atomic E-state index is 0.0217. The first-order valence-electron chi connectivity index (χ1n) is 12.6. The smallest absolute Gasteiger partial charge is 0.227 e. The zero-order valence-corrected chi connectivity index (χ0v) is 21.9. The van der Waals surface area contributed by atoms with Crippen molar-refractivity contribution in [2.75, 3.05) is 38.8 Å². The summed E-state index contributed by atoms with van der Waals surface area (Å²) in [6.07, 6.45) is 5.27. The summed E-state index contributed by atoms with van der Waals surface area (Å²) in [5, 5.41) is 3.16. The van der Waals surface area contributed by atoms with Crippen molar-refractivity contribution < 1.29 is 14.3 Å². The van der Waals surface area contributed by atoms with Gasteiger partial charge in [0, 0.05) is 25.8 Å². The summed E-state index contributed by atoms with van der Waals surface area (Å²) in [7, 11) is 3.85. The van der Waals surface area contributed by atoms with Crippen molar-refractivity contribution in [1.29, 1.82) is 0 Å². The predicted octanol–water partition coefficient (Wildman–Crippen LogP) is 4.34. The fourth-order valence-corrected chi connectivity index (χ4v) is 5.36. The summed E-state index contributed by atoms with van der Waals surface area (Å²) in [4.78, 5) is 29.5. The second-order valence-corrected chi connectivity index (χ2v) is 10.1. The van der Waals surface area contributed by atoms with Gasteiger partial charge in [0.05, 0.1) is 18.3 Å². The number of carbonyl (C=O) groups is 2. The van der Waals surface area contributed by atoms with E-state index < -0.39 is 0 Å². The van der Waals surface area contributed by atoms with Crippen LogP contribution in [0.2, 0.25) is 0 Å². The summed E-state index contributed by atoms with van der Waals surface area (Å²) in [6, 6.07) is 17.8. The Hall–Kier alpha value is -2.51. The Kier molecular flexibility index (Phi) is 11.4. The molecule has 1 N–H and O–H groups in total. The van der Waals surface area contributed by atoms with Gasteiger partial charge < -0.3 is 19.9 Å². The number of carbonyl (C=O) groups excluding carboxylic acids is 2. The highest BCUT2D eigenvalue weighted by Crippen LogP contribution is 2.25. The Morgan fingerprint density at radius 2 is 1.77 bits per heavy atom. The molecule has 35 heavy (non-hydrogen) atoms. The van der Waals surface area contributed by atoms with Crippen molar-refractivity contribution in [3.63, 3.8) is 0 Å². The van der Waals surface area contributed by atoms with Crippen molar-refractivity contribution in [2.24, 2.45) is 0 Å². The van der Waals surface area contributed by atoms with E-state index in [4.69, 9.17) is 4.74 Å². The van der Waals surface area contributed by atoms with Gasteiger partial charge >= 0.3 is 0 Å². The zero-order chi connectivity index (χ0) is 24.9. The molecule has 1 aliphatic heterocycles. The number of unbranched alkanes of at least 4 members (excludes halogenated alkanes) is 3. The number of benzene rings is 2. The molecule has 1 atom stereocenters. The van der Waals surface area contributed by atoms with Crippen molar-refractivity contribution in [1.82, 2.24) is 15.1 Å². The molecule has 3 rings (SSSR count). The first kappa shape index (κ1) is 27.1. The minimum atomic E-state index is -0.0217. The van der Waals surface area contributed by atoms with E-state index in [1.54, 1.807) is 11.8 Å². The van der Waals surface area contributed by atoms with Crippen LogP contribution in [0.3, 0.4) is 0 Å². The van der Waals surface area contributed by atoms with E-state index in [1.807, 2.05) is 78.5 Å². The molecule has 1 unspecified atom stereocenters. The third kappa shape index (κ3) is 9.22. The van der Waals surface area contributed by atoms with Gasteiger partial charge in [-0.2, -0.15) is 0 Å². The molecule has 0 spiro atoms. The molecular weight excluding hydrogens is 458 g/mol. The molecule has 1 fully saturated rings. The lowest BCUT2D eigenvalue weighted by Crippen LogP contribution is -2.41. The van der Waals surface area contributed by atoms with Gasteiger partial charge in [-0.3, -0.25) is 9.59 Å². The molecule has 1 heterocycles. The third-order valence-corrected chi connectivity index (χ3v) is 7.42. The van der Waals surface area contributed by atoms with Crippen molar-refractivity contribution >= 4 is 23.6 Å². The number of thioether (sulfide) groups is 1. The Balaban J connectivity index is 1.41. The molecule has 0 aromatic heterocycles. The molecule has 2 aromatic rings. The predicted molar refractivity (Wildman–Crippen MR) is 144 cm³/mol. The molecule has 1 saturated heterocycles. The number of ether oxygens (including phenoxy) is 1. The topological polar surface area (TPSA) is 61.9 Å². The molecule has 2 aromatic carbocycles. The lowest BCUT2D eigenvalue weighted by Gasteiger charge is -2.26. The van der Waals surface area contributed by atoms with Crippen molar-refractivity contribution in [2.45, 2.75) is 51.2 Å². The van der Waals surface area contributed by atoms with Crippen molar-refractivity contribution in [3.8, 4) is 5.75 Å². The molecule has 6 nitrogen and oxygen atoms in total. The van der Waals surface area contributed by atoms with Gasteiger partial charge in [-0.25, -0.2) is 0 Å². The SMILES string of the molecule is CNCCCCCCN(C)C(=O)CC1CSCN1C(=O)Cc1ccc(OCc2ccccc2)cc1. The number of rotatable bonds is 14. The van der Waals surface area contributed by atoms with Crippen LogP contribution in [0.25, 0.3) is 0 Å². The van der Waals surface area contributed by atoms with Crippen LogP contribution in [0.1, 0.15) is 43.2 Å². The highest BCUT2D eigenvalue weighted by Gasteiger charge is 2.31. The van der Waals surface area contributed by atoms with Gasteiger partial charge in [0.1, 0.15) is 12.4 Å². The molecular formula is C28H39N3O3S. The fourth-order valence-electron chi connectivity index (χ4n) is 4.13. The van der Waals surface area contributed by atoms with E-state index in [1.165, 1.54) is 12.8 Å². The molecule has 0 bridgehead atoms. The molecule has 2 amide bonds. The van der Waals surface area contributed by atoms with Crippen LogP contribution < -0.4 is 10.1 Å². The van der Waals surface area contributed by atoms with Crippen molar-refractivity contribution in [3.05, 3.63) is 65.7 Å². The second kappa shape index (κ2) is 14.8. The number of nitrogens with zero attached hydrogens (tertiary/aromatic N) is 2. The maximum atomic E-state index is 13.0. The summed E-state index contributed by atoms with van der Waals surface area (Å²) >= 11 is 1.73.